The molecule has 1 aromatic carbocycles. The summed E-state index contributed by atoms with van der Waals surface area (Å²) in [4.78, 5) is 2.65. The van der Waals surface area contributed by atoms with Crippen LogP contribution in [-0.4, -0.2) is 29.9 Å². The van der Waals surface area contributed by atoms with Gasteiger partial charge in [0.15, 0.2) is 0 Å². The monoisotopic (exact) mass is 293 g/mol. The van der Waals surface area contributed by atoms with Crippen molar-refractivity contribution in [3.05, 3.63) is 35.9 Å². The largest absolute Gasteiger partial charge is 0.299 e. The molecule has 2 heteroatoms. The third-order valence-electron chi connectivity index (χ3n) is 4.47. The van der Waals surface area contributed by atoms with Crippen molar-refractivity contribution in [2.24, 2.45) is 0 Å². The Morgan fingerprint density at radius 1 is 0.950 bits per heavy atom. The van der Waals surface area contributed by atoms with Gasteiger partial charge in [0.25, 0.3) is 0 Å². The maximum absolute atomic E-state index is 5.98. The lowest BCUT2D eigenvalue weighted by Crippen LogP contribution is -2.38. The van der Waals surface area contributed by atoms with Crippen LogP contribution in [0.15, 0.2) is 30.3 Å². The lowest BCUT2D eigenvalue weighted by molar-refractivity contribution is 0.162. The van der Waals surface area contributed by atoms with Gasteiger partial charge in [-0.15, -0.1) is 11.6 Å². The minimum atomic E-state index is 0.773. The van der Waals surface area contributed by atoms with Gasteiger partial charge in [-0.1, -0.05) is 49.6 Å². The third-order valence-corrected chi connectivity index (χ3v) is 4.64. The van der Waals surface area contributed by atoms with Gasteiger partial charge in [0.05, 0.1) is 0 Å². The minimum absolute atomic E-state index is 0.773. The number of unbranched alkanes of at least 4 members (excludes halogenated alkanes) is 1. The predicted molar refractivity (Wildman–Crippen MR) is 88.5 cm³/mol. The normalized spacial score (nSPS) is 16.7. The van der Waals surface area contributed by atoms with E-state index in [0.717, 1.165) is 18.5 Å². The van der Waals surface area contributed by atoms with Gasteiger partial charge in [-0.05, 0) is 44.2 Å². The molecular weight excluding hydrogens is 266 g/mol. The van der Waals surface area contributed by atoms with Crippen LogP contribution in [0.1, 0.15) is 50.5 Å². The zero-order valence-corrected chi connectivity index (χ0v) is 13.3. The summed E-state index contributed by atoms with van der Waals surface area (Å²) >= 11 is 5.98. The Labute approximate surface area is 129 Å². The maximum Gasteiger partial charge on any atom is 0.0351 e. The second-order valence-corrected chi connectivity index (χ2v) is 6.34. The molecule has 0 heterocycles. The van der Waals surface area contributed by atoms with E-state index in [9.17, 15) is 0 Å². The lowest BCUT2D eigenvalue weighted by atomic mass is 9.94. The van der Waals surface area contributed by atoms with Crippen LogP contribution in [0.2, 0.25) is 0 Å². The number of benzene rings is 1. The smallest absolute Gasteiger partial charge is 0.0351 e. The molecule has 1 fully saturated rings. The van der Waals surface area contributed by atoms with Gasteiger partial charge in [-0.2, -0.15) is 0 Å². The Kier molecular flexibility index (Phi) is 7.46. The molecule has 0 N–H and O–H groups in total. The standard InChI is InChI=1S/C18H28ClN/c19-14-16-20(18-12-5-2-6-13-18)15-8-7-11-17-9-3-1-4-10-17/h1,3-4,9-10,18H,2,5-8,11-16H2. The first-order valence-electron chi connectivity index (χ1n) is 8.24. The predicted octanol–water partition coefficient (Wildman–Crippen LogP) is 4.88. The fourth-order valence-corrected chi connectivity index (χ4v) is 3.54. The molecule has 2 rings (SSSR count). The van der Waals surface area contributed by atoms with Crippen LogP contribution in [0.4, 0.5) is 0 Å². The second kappa shape index (κ2) is 9.41. The molecular formula is C18H28ClN. The summed E-state index contributed by atoms with van der Waals surface area (Å²) in [6.07, 6.45) is 10.8. The van der Waals surface area contributed by atoms with Gasteiger partial charge in [-0.25, -0.2) is 0 Å². The Hall–Kier alpha value is -0.530. The highest BCUT2D eigenvalue weighted by Crippen LogP contribution is 2.23. The van der Waals surface area contributed by atoms with Crippen LogP contribution in [0.5, 0.6) is 0 Å². The molecule has 0 atom stereocenters. The SMILES string of the molecule is ClCCN(CCCCc1ccccc1)C1CCCCC1. The Bertz CT molecular complexity index is 346. The molecule has 0 spiro atoms. The number of hydrogen-bond acceptors (Lipinski definition) is 1. The molecule has 1 aliphatic carbocycles. The average Bonchev–Trinajstić information content (AvgIpc) is 2.52. The molecule has 1 aromatic rings. The number of alkyl halides is 1. The summed E-state index contributed by atoms with van der Waals surface area (Å²) in [6, 6.07) is 11.6. The average molecular weight is 294 g/mol. The highest BCUT2D eigenvalue weighted by atomic mass is 35.5. The number of rotatable bonds is 8. The van der Waals surface area contributed by atoms with E-state index < -0.39 is 0 Å². The van der Waals surface area contributed by atoms with Crippen LogP contribution in [0, 0.1) is 0 Å². The minimum Gasteiger partial charge on any atom is -0.299 e. The van der Waals surface area contributed by atoms with Crippen molar-refractivity contribution < 1.29 is 0 Å². The van der Waals surface area contributed by atoms with Crippen molar-refractivity contribution in [1.29, 1.82) is 0 Å². The summed E-state index contributed by atoms with van der Waals surface area (Å²) < 4.78 is 0. The first kappa shape index (κ1) is 15.9. The van der Waals surface area contributed by atoms with E-state index in [1.807, 2.05) is 0 Å². The maximum atomic E-state index is 5.98. The Morgan fingerprint density at radius 3 is 2.40 bits per heavy atom. The molecule has 0 unspecified atom stereocenters. The summed E-state index contributed by atoms with van der Waals surface area (Å²) in [5.41, 5.74) is 1.47. The zero-order chi connectivity index (χ0) is 14.0. The fourth-order valence-electron chi connectivity index (χ4n) is 3.32. The number of hydrogen-bond donors (Lipinski definition) is 0. The fraction of sp³-hybridized carbons (Fsp3) is 0.667. The van der Waals surface area contributed by atoms with Crippen LogP contribution in [0.25, 0.3) is 0 Å². The zero-order valence-electron chi connectivity index (χ0n) is 12.6. The molecule has 1 nitrogen and oxygen atoms in total. The van der Waals surface area contributed by atoms with Gasteiger partial charge in [0, 0.05) is 18.5 Å². The van der Waals surface area contributed by atoms with E-state index in [1.165, 1.54) is 63.5 Å². The van der Waals surface area contributed by atoms with E-state index in [4.69, 9.17) is 11.6 Å². The van der Waals surface area contributed by atoms with Crippen LogP contribution in [-0.2, 0) is 6.42 Å². The highest BCUT2D eigenvalue weighted by molar-refractivity contribution is 6.18. The third kappa shape index (κ3) is 5.46. The van der Waals surface area contributed by atoms with Crippen molar-refractivity contribution in [3.63, 3.8) is 0 Å². The molecule has 0 amide bonds. The molecule has 0 aliphatic heterocycles. The second-order valence-electron chi connectivity index (χ2n) is 5.96. The first-order chi connectivity index (χ1) is 9.90. The molecule has 0 saturated heterocycles. The first-order valence-corrected chi connectivity index (χ1v) is 8.77. The van der Waals surface area contributed by atoms with Gasteiger partial charge in [-0.3, -0.25) is 4.90 Å². The van der Waals surface area contributed by atoms with Crippen molar-refractivity contribution in [1.82, 2.24) is 4.90 Å². The van der Waals surface area contributed by atoms with Crippen LogP contribution in [0.3, 0.4) is 0 Å². The van der Waals surface area contributed by atoms with Gasteiger partial charge >= 0.3 is 0 Å². The summed E-state index contributed by atoms with van der Waals surface area (Å²) in [5.74, 6) is 0.773. The summed E-state index contributed by atoms with van der Waals surface area (Å²) in [6.45, 7) is 2.29. The topological polar surface area (TPSA) is 3.24 Å². The molecule has 0 bridgehead atoms. The van der Waals surface area contributed by atoms with Gasteiger partial charge < -0.3 is 0 Å². The van der Waals surface area contributed by atoms with E-state index in [-0.39, 0.29) is 0 Å². The van der Waals surface area contributed by atoms with E-state index in [1.54, 1.807) is 0 Å². The van der Waals surface area contributed by atoms with E-state index in [0.29, 0.717) is 0 Å². The molecule has 1 saturated carbocycles. The molecule has 20 heavy (non-hydrogen) atoms. The number of nitrogens with zero attached hydrogens (tertiary/aromatic N) is 1. The number of aryl methyl sites for hydroxylation is 1. The quantitative estimate of drug-likeness (QED) is 0.487. The molecule has 112 valence electrons. The van der Waals surface area contributed by atoms with Crippen molar-refractivity contribution in [3.8, 4) is 0 Å². The Balaban J connectivity index is 1.69. The molecule has 0 radical (unpaired) electrons. The summed E-state index contributed by atoms with van der Waals surface area (Å²) in [7, 11) is 0. The van der Waals surface area contributed by atoms with Crippen molar-refractivity contribution in [2.75, 3.05) is 19.0 Å². The molecule has 1 aliphatic rings. The van der Waals surface area contributed by atoms with Gasteiger partial charge in [0.1, 0.15) is 0 Å². The van der Waals surface area contributed by atoms with Crippen LogP contribution >= 0.6 is 11.6 Å². The van der Waals surface area contributed by atoms with Crippen LogP contribution < -0.4 is 0 Å². The highest BCUT2D eigenvalue weighted by Gasteiger charge is 2.19. The van der Waals surface area contributed by atoms with E-state index in [2.05, 4.69) is 35.2 Å². The van der Waals surface area contributed by atoms with Crippen molar-refractivity contribution >= 4 is 11.6 Å². The number of halogens is 1. The van der Waals surface area contributed by atoms with Gasteiger partial charge in [0.2, 0.25) is 0 Å². The molecule has 0 aromatic heterocycles. The Morgan fingerprint density at radius 2 is 1.70 bits per heavy atom. The lowest BCUT2D eigenvalue weighted by Gasteiger charge is -2.34. The summed E-state index contributed by atoms with van der Waals surface area (Å²) in [5, 5.41) is 0. The van der Waals surface area contributed by atoms with Crippen molar-refractivity contribution in [2.45, 2.75) is 57.4 Å². The van der Waals surface area contributed by atoms with E-state index >= 15 is 0 Å².